The van der Waals surface area contributed by atoms with Crippen molar-refractivity contribution in [1.82, 2.24) is 10.2 Å². The average Bonchev–Trinajstić information content (AvgIpc) is 2.39. The Morgan fingerprint density at radius 3 is 2.78 bits per heavy atom. The minimum absolute atomic E-state index is 0.526. The lowest BCUT2D eigenvalue weighted by molar-refractivity contribution is 0.131. The summed E-state index contributed by atoms with van der Waals surface area (Å²) in [5.74, 6) is 0.807. The molecule has 1 aliphatic rings. The SMILES string of the molecule is CNCC1CCCN(C(C)c2ccc(Br)cc2)C1. The Morgan fingerprint density at radius 1 is 1.39 bits per heavy atom. The third kappa shape index (κ3) is 3.56. The van der Waals surface area contributed by atoms with E-state index in [1.165, 1.54) is 31.5 Å². The van der Waals surface area contributed by atoms with E-state index in [4.69, 9.17) is 0 Å². The number of nitrogens with one attached hydrogen (secondary N) is 1. The molecule has 0 saturated carbocycles. The fraction of sp³-hybridized carbons (Fsp3) is 0.600. The molecule has 1 saturated heterocycles. The minimum Gasteiger partial charge on any atom is -0.319 e. The molecule has 0 radical (unpaired) electrons. The van der Waals surface area contributed by atoms with Gasteiger partial charge in [0.2, 0.25) is 0 Å². The summed E-state index contributed by atoms with van der Waals surface area (Å²) in [5, 5.41) is 3.31. The highest BCUT2D eigenvalue weighted by Gasteiger charge is 2.23. The van der Waals surface area contributed by atoms with Gasteiger partial charge in [-0.1, -0.05) is 28.1 Å². The van der Waals surface area contributed by atoms with Gasteiger partial charge in [-0.05, 0) is 63.5 Å². The Morgan fingerprint density at radius 2 is 2.11 bits per heavy atom. The fourth-order valence-electron chi connectivity index (χ4n) is 2.86. The van der Waals surface area contributed by atoms with Crippen LogP contribution in [0, 0.1) is 5.92 Å². The number of benzene rings is 1. The summed E-state index contributed by atoms with van der Waals surface area (Å²) >= 11 is 3.50. The molecule has 1 aliphatic heterocycles. The summed E-state index contributed by atoms with van der Waals surface area (Å²) in [6.45, 7) is 5.92. The van der Waals surface area contributed by atoms with Crippen LogP contribution in [0.25, 0.3) is 0 Å². The molecule has 0 aromatic heterocycles. The van der Waals surface area contributed by atoms with Crippen LogP contribution in [0.4, 0.5) is 0 Å². The van der Waals surface area contributed by atoms with Crippen LogP contribution in [0.1, 0.15) is 31.4 Å². The third-order valence-electron chi connectivity index (χ3n) is 3.94. The maximum atomic E-state index is 3.50. The van der Waals surface area contributed by atoms with Crippen LogP contribution in [-0.4, -0.2) is 31.6 Å². The molecule has 100 valence electrons. The van der Waals surface area contributed by atoms with Crippen molar-refractivity contribution in [3.63, 3.8) is 0 Å². The molecule has 1 N–H and O–H groups in total. The molecule has 0 bridgehead atoms. The second-order valence-corrected chi connectivity index (χ2v) is 6.20. The Hall–Kier alpha value is -0.380. The van der Waals surface area contributed by atoms with Crippen molar-refractivity contribution in [2.45, 2.75) is 25.8 Å². The van der Waals surface area contributed by atoms with E-state index in [9.17, 15) is 0 Å². The summed E-state index contributed by atoms with van der Waals surface area (Å²) in [4.78, 5) is 2.62. The molecule has 2 nitrogen and oxygen atoms in total. The van der Waals surface area contributed by atoms with Crippen molar-refractivity contribution in [3.8, 4) is 0 Å². The van der Waals surface area contributed by atoms with Crippen molar-refractivity contribution in [1.29, 1.82) is 0 Å². The molecular weight excluding hydrogens is 288 g/mol. The number of nitrogens with zero attached hydrogens (tertiary/aromatic N) is 1. The lowest BCUT2D eigenvalue weighted by Gasteiger charge is -2.37. The van der Waals surface area contributed by atoms with Crippen LogP contribution in [0.5, 0.6) is 0 Å². The van der Waals surface area contributed by atoms with E-state index in [-0.39, 0.29) is 0 Å². The highest BCUT2D eigenvalue weighted by molar-refractivity contribution is 9.10. The normalized spacial score (nSPS) is 22.9. The van der Waals surface area contributed by atoms with Gasteiger partial charge in [-0.2, -0.15) is 0 Å². The first-order chi connectivity index (χ1) is 8.70. The van der Waals surface area contributed by atoms with E-state index in [0.717, 1.165) is 16.9 Å². The molecule has 0 spiro atoms. The zero-order valence-electron chi connectivity index (χ0n) is 11.3. The smallest absolute Gasteiger partial charge is 0.0320 e. The second-order valence-electron chi connectivity index (χ2n) is 5.29. The first-order valence-electron chi connectivity index (χ1n) is 6.85. The van der Waals surface area contributed by atoms with E-state index < -0.39 is 0 Å². The molecule has 1 heterocycles. The van der Waals surface area contributed by atoms with Crippen LogP contribution in [0.15, 0.2) is 28.7 Å². The number of halogens is 1. The van der Waals surface area contributed by atoms with Crippen LogP contribution in [0.3, 0.4) is 0 Å². The third-order valence-corrected chi connectivity index (χ3v) is 4.47. The zero-order valence-corrected chi connectivity index (χ0v) is 12.9. The van der Waals surface area contributed by atoms with E-state index in [2.05, 4.69) is 64.4 Å². The lowest BCUT2D eigenvalue weighted by atomic mass is 9.95. The van der Waals surface area contributed by atoms with Crippen molar-refractivity contribution in [2.24, 2.45) is 5.92 Å². The molecule has 1 aromatic rings. The van der Waals surface area contributed by atoms with Gasteiger partial charge < -0.3 is 5.32 Å². The Labute approximate surface area is 119 Å². The standard InChI is InChI=1S/C15H23BrN2/c1-12(14-5-7-15(16)8-6-14)18-9-3-4-13(11-18)10-17-2/h5-8,12-13,17H,3-4,9-11H2,1-2H3. The van der Waals surface area contributed by atoms with Gasteiger partial charge in [0, 0.05) is 17.1 Å². The van der Waals surface area contributed by atoms with Gasteiger partial charge in [-0.15, -0.1) is 0 Å². The van der Waals surface area contributed by atoms with E-state index in [1.807, 2.05) is 0 Å². The predicted octanol–water partition coefficient (Wildman–Crippen LogP) is 3.44. The van der Waals surface area contributed by atoms with Crippen molar-refractivity contribution in [2.75, 3.05) is 26.7 Å². The highest BCUT2D eigenvalue weighted by atomic mass is 79.9. The number of piperidine rings is 1. The van der Waals surface area contributed by atoms with E-state index >= 15 is 0 Å². The highest BCUT2D eigenvalue weighted by Crippen LogP contribution is 2.27. The topological polar surface area (TPSA) is 15.3 Å². The zero-order chi connectivity index (χ0) is 13.0. The average molecular weight is 311 g/mol. The summed E-state index contributed by atoms with van der Waals surface area (Å²) < 4.78 is 1.16. The number of hydrogen-bond acceptors (Lipinski definition) is 2. The number of likely N-dealkylation sites (tertiary alicyclic amines) is 1. The maximum Gasteiger partial charge on any atom is 0.0320 e. The Kier molecular flexibility index (Phi) is 5.22. The fourth-order valence-corrected chi connectivity index (χ4v) is 3.12. The molecule has 0 aliphatic carbocycles. The molecule has 1 aromatic carbocycles. The van der Waals surface area contributed by atoms with Gasteiger partial charge in [0.1, 0.15) is 0 Å². The summed E-state index contributed by atoms with van der Waals surface area (Å²) in [6.07, 6.45) is 2.69. The van der Waals surface area contributed by atoms with Gasteiger partial charge in [-0.3, -0.25) is 4.90 Å². The van der Waals surface area contributed by atoms with Gasteiger partial charge in [0.25, 0.3) is 0 Å². The molecule has 3 heteroatoms. The molecule has 2 unspecified atom stereocenters. The summed E-state index contributed by atoms with van der Waals surface area (Å²) in [6, 6.07) is 9.27. The quantitative estimate of drug-likeness (QED) is 0.916. The number of hydrogen-bond donors (Lipinski definition) is 1. The van der Waals surface area contributed by atoms with Crippen molar-refractivity contribution in [3.05, 3.63) is 34.3 Å². The molecular formula is C15H23BrN2. The van der Waals surface area contributed by atoms with Gasteiger partial charge in [-0.25, -0.2) is 0 Å². The van der Waals surface area contributed by atoms with Crippen LogP contribution in [0.2, 0.25) is 0 Å². The Bertz CT molecular complexity index is 361. The van der Waals surface area contributed by atoms with Crippen molar-refractivity contribution >= 4 is 15.9 Å². The first kappa shape index (κ1) is 14.0. The predicted molar refractivity (Wildman–Crippen MR) is 80.8 cm³/mol. The molecule has 2 atom stereocenters. The van der Waals surface area contributed by atoms with Crippen molar-refractivity contribution < 1.29 is 0 Å². The lowest BCUT2D eigenvalue weighted by Crippen LogP contribution is -2.40. The van der Waals surface area contributed by atoms with Gasteiger partial charge in [0.05, 0.1) is 0 Å². The maximum absolute atomic E-state index is 3.50. The second kappa shape index (κ2) is 6.69. The summed E-state index contributed by atoms with van der Waals surface area (Å²) in [5.41, 5.74) is 1.42. The monoisotopic (exact) mass is 310 g/mol. The summed E-state index contributed by atoms with van der Waals surface area (Å²) in [7, 11) is 2.05. The molecule has 0 amide bonds. The minimum atomic E-state index is 0.526. The van der Waals surface area contributed by atoms with E-state index in [1.54, 1.807) is 0 Å². The van der Waals surface area contributed by atoms with Gasteiger partial charge >= 0.3 is 0 Å². The number of rotatable bonds is 4. The molecule has 1 fully saturated rings. The van der Waals surface area contributed by atoms with Crippen LogP contribution in [-0.2, 0) is 0 Å². The molecule has 2 rings (SSSR count). The van der Waals surface area contributed by atoms with E-state index in [0.29, 0.717) is 6.04 Å². The van der Waals surface area contributed by atoms with Crippen LogP contribution >= 0.6 is 15.9 Å². The van der Waals surface area contributed by atoms with Crippen LogP contribution < -0.4 is 5.32 Å². The largest absolute Gasteiger partial charge is 0.319 e. The first-order valence-corrected chi connectivity index (χ1v) is 7.64. The molecule has 18 heavy (non-hydrogen) atoms. The van der Waals surface area contributed by atoms with Gasteiger partial charge in [0.15, 0.2) is 0 Å². The Balaban J connectivity index is 1.99.